The normalized spacial score (nSPS) is 20.9. The van der Waals surface area contributed by atoms with Gasteiger partial charge >= 0.3 is 0 Å². The predicted molar refractivity (Wildman–Crippen MR) is 92.2 cm³/mol. The monoisotopic (exact) mass is 341 g/mol. The average Bonchev–Trinajstić information content (AvgIpc) is 3.24. The Balaban J connectivity index is 1.82. The molecule has 1 amide bonds. The van der Waals surface area contributed by atoms with Crippen LogP contribution in [-0.2, 0) is 5.54 Å². The molecule has 1 fully saturated rings. The summed E-state index contributed by atoms with van der Waals surface area (Å²) in [6.07, 6.45) is 3.69. The molecule has 1 aliphatic heterocycles. The number of aryl methyl sites for hydroxylation is 2. The second-order valence-corrected chi connectivity index (χ2v) is 7.34. The van der Waals surface area contributed by atoms with Crippen LogP contribution in [0.15, 0.2) is 23.8 Å². The summed E-state index contributed by atoms with van der Waals surface area (Å²) in [5.74, 6) is 0.0591. The summed E-state index contributed by atoms with van der Waals surface area (Å²) in [7, 11) is 0. The molecule has 24 heavy (non-hydrogen) atoms. The third-order valence-corrected chi connectivity index (χ3v) is 5.77. The van der Waals surface area contributed by atoms with Gasteiger partial charge in [-0.05, 0) is 39.7 Å². The molecule has 1 atom stereocenters. The lowest BCUT2D eigenvalue weighted by Gasteiger charge is -2.35. The number of aromatic nitrogens is 4. The summed E-state index contributed by atoms with van der Waals surface area (Å²) in [4.78, 5) is 24.4. The Morgan fingerprint density at radius 3 is 2.92 bits per heavy atom. The van der Waals surface area contributed by atoms with Crippen LogP contribution in [0.3, 0.4) is 0 Å². The first kappa shape index (κ1) is 15.3. The van der Waals surface area contributed by atoms with Gasteiger partial charge in [0.15, 0.2) is 5.65 Å². The molecule has 0 aromatic carbocycles. The first-order valence-corrected chi connectivity index (χ1v) is 8.92. The van der Waals surface area contributed by atoms with Gasteiger partial charge in [0.05, 0.1) is 28.1 Å². The molecular formula is C17H19N5OS. The zero-order valence-corrected chi connectivity index (χ0v) is 14.8. The Morgan fingerprint density at radius 1 is 1.33 bits per heavy atom. The van der Waals surface area contributed by atoms with E-state index in [1.807, 2.05) is 35.4 Å². The van der Waals surface area contributed by atoms with Gasteiger partial charge in [0, 0.05) is 18.8 Å². The number of nitrogens with zero attached hydrogens (tertiary/aromatic N) is 5. The Bertz CT molecular complexity index is 930. The minimum atomic E-state index is -0.396. The molecule has 0 spiro atoms. The quantitative estimate of drug-likeness (QED) is 0.719. The van der Waals surface area contributed by atoms with Crippen molar-refractivity contribution in [2.45, 2.75) is 39.2 Å². The predicted octanol–water partition coefficient (Wildman–Crippen LogP) is 2.95. The maximum absolute atomic E-state index is 13.1. The third-order valence-electron chi connectivity index (χ3n) is 4.86. The largest absolute Gasteiger partial charge is 0.327 e. The third kappa shape index (κ3) is 2.15. The zero-order chi connectivity index (χ0) is 16.9. The number of hydrogen-bond acceptors (Lipinski definition) is 5. The van der Waals surface area contributed by atoms with Crippen LogP contribution in [0, 0.1) is 13.8 Å². The van der Waals surface area contributed by atoms with Crippen molar-refractivity contribution in [2.24, 2.45) is 0 Å². The van der Waals surface area contributed by atoms with E-state index >= 15 is 0 Å². The lowest BCUT2D eigenvalue weighted by Crippen LogP contribution is -2.44. The molecule has 0 aliphatic carbocycles. The van der Waals surface area contributed by atoms with E-state index in [9.17, 15) is 4.79 Å². The Hall–Kier alpha value is -2.28. The fourth-order valence-electron chi connectivity index (χ4n) is 3.60. The molecule has 4 heterocycles. The van der Waals surface area contributed by atoms with Crippen LogP contribution in [0.25, 0.3) is 5.65 Å². The Kier molecular flexibility index (Phi) is 3.42. The van der Waals surface area contributed by atoms with Crippen molar-refractivity contribution in [3.63, 3.8) is 0 Å². The first-order chi connectivity index (χ1) is 11.5. The summed E-state index contributed by atoms with van der Waals surface area (Å²) >= 11 is 1.41. The number of amides is 1. The Morgan fingerprint density at radius 2 is 2.17 bits per heavy atom. The second kappa shape index (κ2) is 5.37. The highest BCUT2D eigenvalue weighted by Gasteiger charge is 2.43. The van der Waals surface area contributed by atoms with Crippen molar-refractivity contribution in [1.82, 2.24) is 24.5 Å². The number of carbonyl (C=O) groups excluding carboxylic acids is 1. The van der Waals surface area contributed by atoms with Crippen LogP contribution < -0.4 is 0 Å². The van der Waals surface area contributed by atoms with Crippen molar-refractivity contribution in [3.05, 3.63) is 45.8 Å². The van der Waals surface area contributed by atoms with Crippen molar-refractivity contribution in [3.8, 4) is 0 Å². The summed E-state index contributed by atoms with van der Waals surface area (Å²) in [5, 5.41) is 4.58. The number of thiazole rings is 1. The van der Waals surface area contributed by atoms with Gasteiger partial charge in [0.1, 0.15) is 4.88 Å². The van der Waals surface area contributed by atoms with E-state index in [0.29, 0.717) is 0 Å². The molecule has 6 nitrogen and oxygen atoms in total. The van der Waals surface area contributed by atoms with Crippen molar-refractivity contribution >= 4 is 22.9 Å². The Labute approximate surface area is 144 Å². The van der Waals surface area contributed by atoms with Crippen molar-refractivity contribution in [1.29, 1.82) is 0 Å². The van der Waals surface area contributed by atoms with E-state index < -0.39 is 5.54 Å². The zero-order valence-electron chi connectivity index (χ0n) is 14.0. The fourth-order valence-corrected chi connectivity index (χ4v) is 4.35. The van der Waals surface area contributed by atoms with E-state index in [2.05, 4.69) is 22.0 Å². The molecule has 1 saturated heterocycles. The van der Waals surface area contributed by atoms with Crippen LogP contribution in [0.2, 0.25) is 0 Å². The minimum absolute atomic E-state index is 0.0591. The topological polar surface area (TPSA) is 63.4 Å². The van der Waals surface area contributed by atoms with Gasteiger partial charge in [-0.3, -0.25) is 4.79 Å². The van der Waals surface area contributed by atoms with Crippen LogP contribution in [0.1, 0.15) is 46.5 Å². The van der Waals surface area contributed by atoms with Gasteiger partial charge in [-0.1, -0.05) is 0 Å². The standard InChI is InChI=1S/C17H19N5OS/c1-11-9-14-18-7-5-13(22(14)20-11)17(3)6-4-8-21(17)16(23)15-12(2)19-10-24-15/h5,7,9-10H,4,6,8H2,1-3H3/t17-/m1/s1. The summed E-state index contributed by atoms with van der Waals surface area (Å²) < 4.78 is 1.88. The van der Waals surface area contributed by atoms with Gasteiger partial charge in [0.2, 0.25) is 0 Å². The number of carbonyl (C=O) groups is 1. The van der Waals surface area contributed by atoms with Gasteiger partial charge < -0.3 is 4.90 Å². The molecule has 1 aliphatic rings. The summed E-state index contributed by atoms with van der Waals surface area (Å²) in [6, 6.07) is 3.94. The fraction of sp³-hybridized carbons (Fsp3) is 0.412. The maximum Gasteiger partial charge on any atom is 0.266 e. The van der Waals surface area contributed by atoms with Crippen molar-refractivity contribution in [2.75, 3.05) is 6.54 Å². The van der Waals surface area contributed by atoms with Gasteiger partial charge in [0.25, 0.3) is 5.91 Å². The summed E-state index contributed by atoms with van der Waals surface area (Å²) in [5.41, 5.74) is 4.89. The van der Waals surface area contributed by atoms with E-state index in [0.717, 1.165) is 47.0 Å². The number of rotatable bonds is 2. The van der Waals surface area contributed by atoms with Gasteiger partial charge in [-0.15, -0.1) is 11.3 Å². The van der Waals surface area contributed by atoms with E-state index in [4.69, 9.17) is 0 Å². The maximum atomic E-state index is 13.1. The highest BCUT2D eigenvalue weighted by atomic mass is 32.1. The summed E-state index contributed by atoms with van der Waals surface area (Å²) in [6.45, 7) is 6.72. The lowest BCUT2D eigenvalue weighted by molar-refractivity contribution is 0.0612. The molecule has 124 valence electrons. The van der Waals surface area contributed by atoms with Gasteiger partial charge in [-0.25, -0.2) is 14.5 Å². The molecule has 4 rings (SSSR count). The molecule has 0 N–H and O–H groups in total. The molecule has 0 bridgehead atoms. The molecule has 3 aromatic rings. The number of likely N-dealkylation sites (tertiary alicyclic amines) is 1. The molecule has 7 heteroatoms. The molecule has 0 unspecified atom stereocenters. The first-order valence-electron chi connectivity index (χ1n) is 8.04. The highest BCUT2D eigenvalue weighted by molar-refractivity contribution is 7.11. The molecule has 0 radical (unpaired) electrons. The molecule has 0 saturated carbocycles. The minimum Gasteiger partial charge on any atom is -0.327 e. The van der Waals surface area contributed by atoms with Crippen LogP contribution >= 0.6 is 11.3 Å². The average molecular weight is 341 g/mol. The van der Waals surface area contributed by atoms with Crippen LogP contribution in [0.5, 0.6) is 0 Å². The van der Waals surface area contributed by atoms with Crippen molar-refractivity contribution < 1.29 is 4.79 Å². The van der Waals surface area contributed by atoms with E-state index in [1.165, 1.54) is 11.3 Å². The lowest BCUT2D eigenvalue weighted by atomic mass is 9.93. The number of hydrogen-bond donors (Lipinski definition) is 0. The molecular weight excluding hydrogens is 322 g/mol. The van der Waals surface area contributed by atoms with Crippen LogP contribution in [0.4, 0.5) is 0 Å². The smallest absolute Gasteiger partial charge is 0.266 e. The van der Waals surface area contributed by atoms with Gasteiger partial charge in [-0.2, -0.15) is 5.10 Å². The SMILES string of the molecule is Cc1cc2nccc([C@@]3(C)CCCN3C(=O)c3scnc3C)n2n1. The van der Waals surface area contributed by atoms with E-state index in [1.54, 1.807) is 11.7 Å². The van der Waals surface area contributed by atoms with E-state index in [-0.39, 0.29) is 5.91 Å². The second-order valence-electron chi connectivity index (χ2n) is 6.49. The highest BCUT2D eigenvalue weighted by Crippen LogP contribution is 2.39. The number of fused-ring (bicyclic) bond motifs is 1. The van der Waals surface area contributed by atoms with Crippen LogP contribution in [-0.4, -0.2) is 36.9 Å². The molecule has 3 aromatic heterocycles.